The van der Waals surface area contributed by atoms with Crippen molar-refractivity contribution in [2.75, 3.05) is 0 Å². The molecule has 0 aliphatic heterocycles. The Morgan fingerprint density at radius 1 is 1.46 bits per heavy atom. The number of hydrogen-bond donors (Lipinski definition) is 0. The summed E-state index contributed by atoms with van der Waals surface area (Å²) in [6, 6.07) is 3.28. The first kappa shape index (κ1) is 8.40. The summed E-state index contributed by atoms with van der Waals surface area (Å²) in [5.41, 5.74) is 0. The van der Waals surface area contributed by atoms with Crippen LogP contribution >= 0.6 is 22.7 Å². The second-order valence-electron chi connectivity index (χ2n) is 2.29. The normalized spacial score (nSPS) is 10.2. The maximum absolute atomic E-state index is 10.5. The van der Waals surface area contributed by atoms with Gasteiger partial charge in [0, 0.05) is 11.6 Å². The van der Waals surface area contributed by atoms with Crippen molar-refractivity contribution in [1.82, 2.24) is 4.98 Å². The molecule has 2 aromatic rings. The van der Waals surface area contributed by atoms with Gasteiger partial charge in [-0.05, 0) is 12.1 Å². The van der Waals surface area contributed by atoms with Crippen molar-refractivity contribution in [3.8, 4) is 9.88 Å². The maximum Gasteiger partial charge on any atom is 0.133 e. The van der Waals surface area contributed by atoms with Crippen molar-refractivity contribution in [1.29, 1.82) is 0 Å². The first-order chi connectivity index (χ1) is 6.27. The predicted molar refractivity (Wildman–Crippen MR) is 49.8 cm³/mol. The van der Waals surface area contributed by atoms with Crippen LogP contribution in [0.5, 0.6) is 0 Å². The van der Waals surface area contributed by atoms with Crippen LogP contribution < -0.4 is 5.11 Å². The lowest BCUT2D eigenvalue weighted by atomic mass is 10.4. The molecule has 0 saturated carbocycles. The van der Waals surface area contributed by atoms with Crippen LogP contribution in [0.3, 0.4) is 0 Å². The fraction of sp³-hybridized carbons (Fsp3) is 0. The zero-order chi connectivity index (χ0) is 9.26. The van der Waals surface area contributed by atoms with Crippen LogP contribution in [0.15, 0.2) is 23.7 Å². The van der Waals surface area contributed by atoms with Gasteiger partial charge < -0.3 is 9.90 Å². The molecule has 0 atom stereocenters. The Bertz CT molecular complexity index is 419. The number of thiazole rings is 1. The second-order valence-corrected chi connectivity index (χ2v) is 4.27. The number of carboxylic acids is 1. The topological polar surface area (TPSA) is 53.0 Å². The molecule has 0 N–H and O–H groups in total. The highest BCUT2D eigenvalue weighted by Crippen LogP contribution is 2.28. The van der Waals surface area contributed by atoms with Crippen molar-refractivity contribution in [3.05, 3.63) is 28.6 Å². The van der Waals surface area contributed by atoms with Gasteiger partial charge in [-0.15, -0.1) is 22.7 Å². The summed E-state index contributed by atoms with van der Waals surface area (Å²) in [5, 5.41) is 13.2. The van der Waals surface area contributed by atoms with Gasteiger partial charge in [-0.1, -0.05) is 0 Å². The minimum absolute atomic E-state index is 0.241. The van der Waals surface area contributed by atoms with Crippen LogP contribution in [0.25, 0.3) is 9.88 Å². The van der Waals surface area contributed by atoms with Crippen LogP contribution in [-0.4, -0.2) is 11.0 Å². The average molecular weight is 210 g/mol. The number of carbonyl (C=O) groups excluding carboxylic acids is 1. The van der Waals surface area contributed by atoms with Gasteiger partial charge in [-0.3, -0.25) is 0 Å². The molecule has 0 radical (unpaired) electrons. The molecule has 0 spiro atoms. The lowest BCUT2D eigenvalue weighted by Gasteiger charge is -1.93. The van der Waals surface area contributed by atoms with Gasteiger partial charge in [0.1, 0.15) is 5.01 Å². The maximum atomic E-state index is 10.5. The molecule has 5 heteroatoms. The Balaban J connectivity index is 2.39. The molecule has 0 aliphatic carbocycles. The third-order valence-corrected chi connectivity index (χ3v) is 3.46. The van der Waals surface area contributed by atoms with Crippen molar-refractivity contribution in [2.45, 2.75) is 0 Å². The van der Waals surface area contributed by atoms with Gasteiger partial charge in [0.15, 0.2) is 0 Å². The molecule has 2 aromatic heterocycles. The lowest BCUT2D eigenvalue weighted by molar-refractivity contribution is -0.254. The number of aromatic carboxylic acids is 1. The number of nitrogens with zero attached hydrogens (tertiary/aromatic N) is 1. The van der Waals surface area contributed by atoms with Crippen LogP contribution in [0.1, 0.15) is 9.67 Å². The average Bonchev–Trinajstić information content (AvgIpc) is 2.75. The molecule has 0 amide bonds. The molecular weight excluding hydrogens is 206 g/mol. The monoisotopic (exact) mass is 210 g/mol. The molecule has 0 bridgehead atoms. The highest BCUT2D eigenvalue weighted by atomic mass is 32.1. The van der Waals surface area contributed by atoms with Crippen molar-refractivity contribution in [2.24, 2.45) is 0 Å². The number of carbonyl (C=O) groups is 1. The number of hydrogen-bond acceptors (Lipinski definition) is 5. The summed E-state index contributed by atoms with van der Waals surface area (Å²) in [5.74, 6) is -1.13. The van der Waals surface area contributed by atoms with Crippen LogP contribution in [-0.2, 0) is 0 Å². The van der Waals surface area contributed by atoms with E-state index in [2.05, 4.69) is 4.98 Å². The van der Waals surface area contributed by atoms with E-state index in [1.807, 2.05) is 5.38 Å². The largest absolute Gasteiger partial charge is 0.544 e. The van der Waals surface area contributed by atoms with E-state index in [1.54, 1.807) is 12.3 Å². The summed E-state index contributed by atoms with van der Waals surface area (Å²) < 4.78 is 0. The quantitative estimate of drug-likeness (QED) is 0.749. The van der Waals surface area contributed by atoms with Crippen molar-refractivity contribution in [3.63, 3.8) is 0 Å². The second kappa shape index (κ2) is 3.27. The molecule has 0 aliphatic rings. The fourth-order valence-corrected chi connectivity index (χ4v) is 2.47. The van der Waals surface area contributed by atoms with Crippen molar-refractivity contribution >= 4 is 28.6 Å². The van der Waals surface area contributed by atoms with E-state index >= 15 is 0 Å². The first-order valence-corrected chi connectivity index (χ1v) is 5.18. The lowest BCUT2D eigenvalue weighted by Crippen LogP contribution is -2.20. The van der Waals surface area contributed by atoms with Gasteiger partial charge in [-0.25, -0.2) is 4.98 Å². The number of rotatable bonds is 2. The molecule has 2 rings (SSSR count). The Labute approximate surface area is 82.3 Å². The summed E-state index contributed by atoms with van der Waals surface area (Å²) in [7, 11) is 0. The minimum Gasteiger partial charge on any atom is -0.544 e. The van der Waals surface area contributed by atoms with Crippen LogP contribution in [0.2, 0.25) is 0 Å². The number of carboxylic acid groups (broad SMARTS) is 1. The Kier molecular flexibility index (Phi) is 2.12. The third kappa shape index (κ3) is 1.61. The van der Waals surface area contributed by atoms with E-state index in [1.165, 1.54) is 28.7 Å². The smallest absolute Gasteiger partial charge is 0.133 e. The SMILES string of the molecule is O=C([O-])c1ccc(-c2nccs2)s1. The molecule has 66 valence electrons. The molecule has 0 aromatic carbocycles. The summed E-state index contributed by atoms with van der Waals surface area (Å²) in [6.45, 7) is 0. The van der Waals surface area contributed by atoms with Crippen LogP contribution in [0, 0.1) is 0 Å². The molecule has 0 unspecified atom stereocenters. The highest BCUT2D eigenvalue weighted by molar-refractivity contribution is 7.22. The Morgan fingerprint density at radius 2 is 2.31 bits per heavy atom. The van der Waals surface area contributed by atoms with E-state index < -0.39 is 5.97 Å². The highest BCUT2D eigenvalue weighted by Gasteiger charge is 2.04. The molecule has 3 nitrogen and oxygen atoms in total. The van der Waals surface area contributed by atoms with E-state index in [9.17, 15) is 9.90 Å². The van der Waals surface area contributed by atoms with Gasteiger partial charge in [0.25, 0.3) is 0 Å². The first-order valence-electron chi connectivity index (χ1n) is 3.48. The standard InChI is InChI=1S/C8H5NO2S2/c10-8(11)6-2-1-5(13-6)7-9-3-4-12-7/h1-4H,(H,10,11)/p-1. The number of aromatic nitrogens is 1. The predicted octanol–water partition coefficient (Wildman–Crippen LogP) is 1.24. The van der Waals surface area contributed by atoms with E-state index in [0.717, 1.165) is 9.88 Å². The summed E-state index contributed by atoms with van der Waals surface area (Å²) in [4.78, 5) is 15.7. The zero-order valence-electron chi connectivity index (χ0n) is 6.39. The van der Waals surface area contributed by atoms with Crippen LogP contribution in [0.4, 0.5) is 0 Å². The summed E-state index contributed by atoms with van der Waals surface area (Å²) >= 11 is 2.67. The fourth-order valence-electron chi connectivity index (χ4n) is 0.908. The van der Waals surface area contributed by atoms with E-state index in [0.29, 0.717) is 0 Å². The van der Waals surface area contributed by atoms with E-state index in [4.69, 9.17) is 0 Å². The minimum atomic E-state index is -1.13. The van der Waals surface area contributed by atoms with Gasteiger partial charge >= 0.3 is 0 Å². The number of thiophene rings is 1. The summed E-state index contributed by atoms with van der Waals surface area (Å²) in [6.07, 6.45) is 1.69. The van der Waals surface area contributed by atoms with Gasteiger partial charge in [0.05, 0.1) is 15.7 Å². The molecule has 13 heavy (non-hydrogen) atoms. The van der Waals surface area contributed by atoms with Gasteiger partial charge in [-0.2, -0.15) is 0 Å². The Hall–Kier alpha value is -1.20. The van der Waals surface area contributed by atoms with Crippen molar-refractivity contribution < 1.29 is 9.90 Å². The van der Waals surface area contributed by atoms with E-state index in [-0.39, 0.29) is 4.88 Å². The molecule has 0 saturated heterocycles. The Morgan fingerprint density at radius 3 is 2.85 bits per heavy atom. The van der Waals surface area contributed by atoms with Gasteiger partial charge in [0.2, 0.25) is 0 Å². The molecular formula is C8H4NO2S2-. The zero-order valence-corrected chi connectivity index (χ0v) is 8.02. The molecule has 2 heterocycles. The molecule has 0 fully saturated rings. The third-order valence-electron chi connectivity index (χ3n) is 1.45.